The molecule has 0 heterocycles. The molecule has 0 saturated heterocycles. The van der Waals surface area contributed by atoms with Gasteiger partial charge in [0.15, 0.2) is 0 Å². The second-order valence-corrected chi connectivity index (χ2v) is 3.63. The highest BCUT2D eigenvalue weighted by Crippen LogP contribution is 2.16. The first-order valence-corrected chi connectivity index (χ1v) is 5.15. The normalized spacial score (nSPS) is 10.6. The highest BCUT2D eigenvalue weighted by molar-refractivity contribution is 5.82. The summed E-state index contributed by atoms with van der Waals surface area (Å²) in [6.07, 6.45) is 4.54. The Balaban J connectivity index is 2.32. The Morgan fingerprint density at radius 3 is 2.57 bits per heavy atom. The van der Waals surface area contributed by atoms with Crippen molar-refractivity contribution < 1.29 is 0 Å². The quantitative estimate of drug-likeness (QED) is 0.674. The Morgan fingerprint density at radius 2 is 1.79 bits per heavy atom. The summed E-state index contributed by atoms with van der Waals surface area (Å²) >= 11 is 0. The molecule has 2 aromatic carbocycles. The van der Waals surface area contributed by atoms with Crippen LogP contribution in [0.25, 0.3) is 10.8 Å². The van der Waals surface area contributed by atoms with Crippen LogP contribution >= 0.6 is 0 Å². The number of benzene rings is 2. The van der Waals surface area contributed by atoms with Gasteiger partial charge in [-0.1, -0.05) is 49.4 Å². The molecule has 0 aromatic heterocycles. The Morgan fingerprint density at radius 1 is 1.00 bits per heavy atom. The van der Waals surface area contributed by atoms with Crippen LogP contribution in [0.3, 0.4) is 0 Å². The van der Waals surface area contributed by atoms with Crippen molar-refractivity contribution in [1.82, 2.24) is 0 Å². The summed E-state index contributed by atoms with van der Waals surface area (Å²) in [7, 11) is 0. The van der Waals surface area contributed by atoms with E-state index in [0.717, 1.165) is 6.42 Å². The van der Waals surface area contributed by atoms with Gasteiger partial charge in [0.2, 0.25) is 0 Å². The van der Waals surface area contributed by atoms with Crippen molar-refractivity contribution in [3.05, 3.63) is 54.4 Å². The second-order valence-electron chi connectivity index (χ2n) is 3.63. The minimum absolute atomic E-state index is 1.15. The first kappa shape index (κ1) is 9.26. The summed E-state index contributed by atoms with van der Waals surface area (Å²) in [4.78, 5) is 0. The first-order valence-electron chi connectivity index (χ1n) is 5.15. The van der Waals surface area contributed by atoms with E-state index in [-0.39, 0.29) is 0 Å². The van der Waals surface area contributed by atoms with Gasteiger partial charge < -0.3 is 0 Å². The Bertz CT molecular complexity index is 415. The SMILES string of the molecule is C[CH]CCc1ccc2ccccc2c1. The molecule has 71 valence electrons. The average molecular weight is 183 g/mol. The van der Waals surface area contributed by atoms with E-state index in [1.54, 1.807) is 0 Å². The predicted octanol–water partition coefficient (Wildman–Crippen LogP) is 4.00. The van der Waals surface area contributed by atoms with Crippen molar-refractivity contribution in [3.63, 3.8) is 0 Å². The second kappa shape index (κ2) is 4.28. The molecule has 0 spiro atoms. The first-order chi connectivity index (χ1) is 6.90. The average Bonchev–Trinajstić information content (AvgIpc) is 2.26. The molecule has 2 rings (SSSR count). The number of fused-ring (bicyclic) bond motifs is 1. The monoisotopic (exact) mass is 183 g/mol. The molecule has 1 radical (unpaired) electrons. The summed E-state index contributed by atoms with van der Waals surface area (Å²) < 4.78 is 0. The van der Waals surface area contributed by atoms with Gasteiger partial charge in [0.05, 0.1) is 0 Å². The van der Waals surface area contributed by atoms with Crippen molar-refractivity contribution in [2.75, 3.05) is 0 Å². The molecule has 0 N–H and O–H groups in total. The van der Waals surface area contributed by atoms with Crippen LogP contribution in [0.4, 0.5) is 0 Å². The summed E-state index contributed by atoms with van der Waals surface area (Å²) in [6, 6.07) is 15.2. The van der Waals surface area contributed by atoms with Crippen molar-refractivity contribution in [2.45, 2.75) is 19.8 Å². The molecule has 2 aromatic rings. The van der Waals surface area contributed by atoms with Gasteiger partial charge in [-0.2, -0.15) is 0 Å². The minimum Gasteiger partial charge on any atom is -0.0622 e. The zero-order chi connectivity index (χ0) is 9.80. The summed E-state index contributed by atoms with van der Waals surface area (Å²) in [6.45, 7) is 2.11. The molecule has 0 heteroatoms. The lowest BCUT2D eigenvalue weighted by atomic mass is 10.0. The predicted molar refractivity (Wildman–Crippen MR) is 62.2 cm³/mol. The molecule has 0 nitrogen and oxygen atoms in total. The van der Waals surface area contributed by atoms with E-state index in [0.29, 0.717) is 0 Å². The maximum atomic E-state index is 2.29. The Hall–Kier alpha value is -1.30. The van der Waals surface area contributed by atoms with Gasteiger partial charge in [0.25, 0.3) is 0 Å². The van der Waals surface area contributed by atoms with Crippen molar-refractivity contribution in [1.29, 1.82) is 0 Å². The van der Waals surface area contributed by atoms with Crippen LogP contribution in [-0.4, -0.2) is 0 Å². The molecule has 0 aliphatic carbocycles. The fourth-order valence-electron chi connectivity index (χ4n) is 1.71. The molecular weight excluding hydrogens is 168 g/mol. The molecule has 0 saturated carbocycles. The highest BCUT2D eigenvalue weighted by atomic mass is 14.0. The topological polar surface area (TPSA) is 0 Å². The molecule has 14 heavy (non-hydrogen) atoms. The van der Waals surface area contributed by atoms with E-state index in [9.17, 15) is 0 Å². The van der Waals surface area contributed by atoms with Crippen LogP contribution < -0.4 is 0 Å². The smallest absolute Gasteiger partial charge is 0.0181 e. The van der Waals surface area contributed by atoms with Crippen molar-refractivity contribution >= 4 is 10.8 Å². The van der Waals surface area contributed by atoms with Crippen LogP contribution in [0.5, 0.6) is 0 Å². The standard InChI is InChI=1S/C14H15/c1-2-3-6-12-9-10-13-7-4-5-8-14(13)11-12/h2,4-5,7-11H,3,6H2,1H3. The van der Waals surface area contributed by atoms with E-state index in [1.807, 2.05) is 0 Å². The molecule has 0 atom stereocenters. The van der Waals surface area contributed by atoms with Gasteiger partial charge in [-0.3, -0.25) is 0 Å². The summed E-state index contributed by atoms with van der Waals surface area (Å²) in [5.74, 6) is 0. The third kappa shape index (κ3) is 1.95. The lowest BCUT2D eigenvalue weighted by Crippen LogP contribution is -1.84. The Kier molecular flexibility index (Phi) is 2.83. The van der Waals surface area contributed by atoms with E-state index in [2.05, 4.69) is 55.8 Å². The van der Waals surface area contributed by atoms with E-state index >= 15 is 0 Å². The maximum absolute atomic E-state index is 2.29. The minimum atomic E-state index is 1.15. The fourth-order valence-corrected chi connectivity index (χ4v) is 1.71. The van der Waals surface area contributed by atoms with Crippen LogP contribution in [0, 0.1) is 6.42 Å². The number of hydrogen-bond acceptors (Lipinski definition) is 0. The zero-order valence-corrected chi connectivity index (χ0v) is 8.53. The number of rotatable bonds is 3. The van der Waals surface area contributed by atoms with Crippen molar-refractivity contribution in [3.8, 4) is 0 Å². The largest absolute Gasteiger partial charge is 0.0622 e. The molecule has 0 bridgehead atoms. The van der Waals surface area contributed by atoms with Gasteiger partial charge in [0.1, 0.15) is 0 Å². The highest BCUT2D eigenvalue weighted by Gasteiger charge is 1.95. The Labute approximate surface area is 85.6 Å². The molecule has 0 amide bonds. The molecule has 0 aliphatic rings. The number of aryl methyl sites for hydroxylation is 1. The number of hydrogen-bond donors (Lipinski definition) is 0. The van der Waals surface area contributed by atoms with Crippen LogP contribution in [-0.2, 0) is 6.42 Å². The van der Waals surface area contributed by atoms with Crippen LogP contribution in [0.15, 0.2) is 42.5 Å². The van der Waals surface area contributed by atoms with Gasteiger partial charge >= 0.3 is 0 Å². The lowest BCUT2D eigenvalue weighted by molar-refractivity contribution is 0.938. The van der Waals surface area contributed by atoms with Gasteiger partial charge in [0, 0.05) is 0 Å². The third-order valence-corrected chi connectivity index (χ3v) is 2.54. The molecule has 0 fully saturated rings. The van der Waals surface area contributed by atoms with E-state index in [4.69, 9.17) is 0 Å². The zero-order valence-electron chi connectivity index (χ0n) is 8.53. The van der Waals surface area contributed by atoms with Crippen molar-refractivity contribution in [2.24, 2.45) is 0 Å². The van der Waals surface area contributed by atoms with E-state index in [1.165, 1.54) is 22.8 Å². The number of unbranched alkanes of at least 4 members (excludes halogenated alkanes) is 1. The van der Waals surface area contributed by atoms with E-state index < -0.39 is 0 Å². The fraction of sp³-hybridized carbons (Fsp3) is 0.214. The van der Waals surface area contributed by atoms with Gasteiger partial charge in [-0.05, 0) is 35.6 Å². The molecular formula is C14H15. The van der Waals surface area contributed by atoms with Gasteiger partial charge in [-0.15, -0.1) is 0 Å². The molecule has 0 aliphatic heterocycles. The summed E-state index contributed by atoms with van der Waals surface area (Å²) in [5, 5.41) is 2.68. The third-order valence-electron chi connectivity index (χ3n) is 2.54. The van der Waals surface area contributed by atoms with Gasteiger partial charge in [-0.25, -0.2) is 0 Å². The summed E-state index contributed by atoms with van der Waals surface area (Å²) in [5.41, 5.74) is 1.43. The maximum Gasteiger partial charge on any atom is -0.0181 e. The lowest BCUT2D eigenvalue weighted by Gasteiger charge is -2.02. The van der Waals surface area contributed by atoms with Crippen LogP contribution in [0.2, 0.25) is 0 Å². The molecule has 0 unspecified atom stereocenters. The van der Waals surface area contributed by atoms with Crippen LogP contribution in [0.1, 0.15) is 18.9 Å².